The number of urea groups is 1. The maximum atomic E-state index is 12.7. The fourth-order valence-corrected chi connectivity index (χ4v) is 3.94. The lowest BCUT2D eigenvalue weighted by molar-refractivity contribution is -0.138. The van der Waals surface area contributed by atoms with Gasteiger partial charge in [0.2, 0.25) is 5.91 Å². The molecule has 1 saturated heterocycles. The lowest BCUT2D eigenvalue weighted by atomic mass is 9.83. The van der Waals surface area contributed by atoms with Crippen LogP contribution in [0.1, 0.15) is 58.3 Å². The molecule has 0 aromatic carbocycles. The van der Waals surface area contributed by atoms with Crippen LogP contribution in [0.25, 0.3) is 0 Å². The monoisotopic (exact) mass is 339 g/mol. The summed E-state index contributed by atoms with van der Waals surface area (Å²) in [4.78, 5) is 26.7. The van der Waals surface area contributed by atoms with Crippen molar-refractivity contribution < 1.29 is 14.3 Å². The van der Waals surface area contributed by atoms with Gasteiger partial charge in [-0.15, -0.1) is 0 Å². The Morgan fingerprint density at radius 3 is 2.42 bits per heavy atom. The molecule has 1 saturated carbocycles. The molecule has 6 nitrogen and oxygen atoms in total. The van der Waals surface area contributed by atoms with E-state index in [1.165, 1.54) is 19.3 Å². The van der Waals surface area contributed by atoms with Crippen LogP contribution in [-0.2, 0) is 9.53 Å². The number of methoxy groups -OCH3 is 1. The fourth-order valence-electron chi connectivity index (χ4n) is 3.94. The third kappa shape index (κ3) is 5.10. The predicted molar refractivity (Wildman–Crippen MR) is 93.8 cm³/mol. The third-order valence-corrected chi connectivity index (χ3v) is 5.49. The van der Waals surface area contributed by atoms with E-state index in [1.807, 2.05) is 11.8 Å². The van der Waals surface area contributed by atoms with Gasteiger partial charge in [-0.2, -0.15) is 0 Å². The molecular weight excluding hydrogens is 306 g/mol. The molecule has 6 heteroatoms. The van der Waals surface area contributed by atoms with E-state index < -0.39 is 0 Å². The van der Waals surface area contributed by atoms with Crippen LogP contribution in [0.4, 0.5) is 4.79 Å². The zero-order chi connectivity index (χ0) is 17.4. The Labute approximate surface area is 145 Å². The number of piperidine rings is 1. The number of likely N-dealkylation sites (tertiary alicyclic amines) is 1. The Kier molecular flexibility index (Phi) is 7.34. The first-order valence-electron chi connectivity index (χ1n) is 9.44. The Bertz CT molecular complexity index is 414. The number of hydrogen-bond donors (Lipinski definition) is 2. The Morgan fingerprint density at radius 1 is 1.17 bits per heavy atom. The second kappa shape index (κ2) is 9.25. The zero-order valence-corrected chi connectivity index (χ0v) is 15.2. The molecule has 0 aromatic rings. The highest BCUT2D eigenvalue weighted by Gasteiger charge is 2.38. The van der Waals surface area contributed by atoms with Crippen LogP contribution in [-0.4, -0.2) is 55.7 Å². The van der Waals surface area contributed by atoms with Gasteiger partial charge in [-0.25, -0.2) is 4.79 Å². The van der Waals surface area contributed by atoms with Crippen molar-refractivity contribution in [2.24, 2.45) is 5.92 Å². The molecule has 2 fully saturated rings. The highest BCUT2D eigenvalue weighted by Crippen LogP contribution is 2.30. The van der Waals surface area contributed by atoms with E-state index in [1.54, 1.807) is 7.11 Å². The minimum Gasteiger partial charge on any atom is -0.385 e. The molecule has 0 aromatic heterocycles. The lowest BCUT2D eigenvalue weighted by Crippen LogP contribution is -2.59. The molecule has 1 heterocycles. The average Bonchev–Trinajstić information content (AvgIpc) is 2.61. The van der Waals surface area contributed by atoms with Crippen LogP contribution in [0.15, 0.2) is 0 Å². The van der Waals surface area contributed by atoms with Gasteiger partial charge in [0.15, 0.2) is 0 Å². The van der Waals surface area contributed by atoms with Gasteiger partial charge in [0.25, 0.3) is 0 Å². The van der Waals surface area contributed by atoms with Gasteiger partial charge in [-0.3, -0.25) is 4.79 Å². The summed E-state index contributed by atoms with van der Waals surface area (Å²) in [6.07, 6.45) is 8.09. The number of amides is 3. The minimum absolute atomic E-state index is 0.124. The number of carbonyl (C=O) groups excluding carboxylic acids is 2. The first-order valence-corrected chi connectivity index (χ1v) is 9.44. The summed E-state index contributed by atoms with van der Waals surface area (Å²) in [6.45, 7) is 4.59. The molecule has 0 spiro atoms. The molecule has 2 rings (SSSR count). The van der Waals surface area contributed by atoms with E-state index in [9.17, 15) is 9.59 Å². The lowest BCUT2D eigenvalue weighted by Gasteiger charge is -2.43. The van der Waals surface area contributed by atoms with Gasteiger partial charge in [-0.05, 0) is 39.0 Å². The molecule has 0 bridgehead atoms. The summed E-state index contributed by atoms with van der Waals surface area (Å²) in [7, 11) is 1.68. The normalized spacial score (nSPS) is 21.3. The predicted octanol–water partition coefficient (Wildman–Crippen LogP) is 2.28. The van der Waals surface area contributed by atoms with E-state index in [2.05, 4.69) is 10.6 Å². The summed E-state index contributed by atoms with van der Waals surface area (Å²) in [5.74, 6) is 0.551. The highest BCUT2D eigenvalue weighted by molar-refractivity contribution is 5.79. The van der Waals surface area contributed by atoms with Crippen molar-refractivity contribution in [3.63, 3.8) is 0 Å². The molecule has 138 valence electrons. The van der Waals surface area contributed by atoms with Crippen molar-refractivity contribution in [3.8, 4) is 0 Å². The molecular formula is C18H33N3O3. The van der Waals surface area contributed by atoms with Gasteiger partial charge in [-0.1, -0.05) is 19.3 Å². The average molecular weight is 339 g/mol. The van der Waals surface area contributed by atoms with Crippen LogP contribution < -0.4 is 10.6 Å². The molecule has 0 radical (unpaired) electrons. The molecule has 1 aliphatic heterocycles. The van der Waals surface area contributed by atoms with Crippen molar-refractivity contribution >= 4 is 11.9 Å². The smallest absolute Gasteiger partial charge is 0.315 e. The minimum atomic E-state index is -0.265. The van der Waals surface area contributed by atoms with Gasteiger partial charge in [0.1, 0.15) is 0 Å². The number of ether oxygens (including phenoxy) is 1. The molecule has 24 heavy (non-hydrogen) atoms. The first-order chi connectivity index (χ1) is 11.6. The number of rotatable bonds is 6. The van der Waals surface area contributed by atoms with Gasteiger partial charge >= 0.3 is 6.03 Å². The van der Waals surface area contributed by atoms with Crippen LogP contribution in [0.5, 0.6) is 0 Å². The molecule has 1 aliphatic carbocycles. The summed E-state index contributed by atoms with van der Waals surface area (Å²) >= 11 is 0. The van der Waals surface area contributed by atoms with Crippen LogP contribution in [0.3, 0.4) is 0 Å². The molecule has 2 N–H and O–H groups in total. The zero-order valence-electron chi connectivity index (χ0n) is 15.2. The molecule has 2 aliphatic rings. The largest absolute Gasteiger partial charge is 0.385 e. The van der Waals surface area contributed by atoms with E-state index in [0.717, 1.165) is 45.2 Å². The van der Waals surface area contributed by atoms with Crippen molar-refractivity contribution in [2.45, 2.75) is 63.8 Å². The molecule has 0 atom stereocenters. The SMILES string of the molecule is CCNC(=O)NC1(CCOC)CCN(C(=O)C2CCCCC2)CC1. The summed E-state index contributed by atoms with van der Waals surface area (Å²) in [5, 5.41) is 5.95. The van der Waals surface area contributed by atoms with E-state index >= 15 is 0 Å². The summed E-state index contributed by atoms with van der Waals surface area (Å²) in [5.41, 5.74) is -0.265. The number of nitrogens with zero attached hydrogens (tertiary/aromatic N) is 1. The second-order valence-corrected chi connectivity index (χ2v) is 7.17. The van der Waals surface area contributed by atoms with Crippen molar-refractivity contribution in [1.82, 2.24) is 15.5 Å². The van der Waals surface area contributed by atoms with Crippen LogP contribution in [0.2, 0.25) is 0 Å². The Hall–Kier alpha value is -1.30. The second-order valence-electron chi connectivity index (χ2n) is 7.17. The van der Waals surface area contributed by atoms with E-state index in [-0.39, 0.29) is 17.5 Å². The van der Waals surface area contributed by atoms with Gasteiger partial charge < -0.3 is 20.3 Å². The maximum Gasteiger partial charge on any atom is 0.315 e. The van der Waals surface area contributed by atoms with E-state index in [0.29, 0.717) is 19.1 Å². The number of hydrogen-bond acceptors (Lipinski definition) is 3. The van der Waals surface area contributed by atoms with Crippen molar-refractivity contribution in [3.05, 3.63) is 0 Å². The Balaban J connectivity index is 1.91. The summed E-state index contributed by atoms with van der Waals surface area (Å²) < 4.78 is 5.23. The molecule has 3 amide bonds. The quantitative estimate of drug-likeness (QED) is 0.780. The van der Waals surface area contributed by atoms with Gasteiger partial charge in [0, 0.05) is 44.8 Å². The fraction of sp³-hybridized carbons (Fsp3) is 0.889. The first kappa shape index (κ1) is 19.0. The Morgan fingerprint density at radius 2 is 1.83 bits per heavy atom. The van der Waals surface area contributed by atoms with Crippen LogP contribution >= 0.6 is 0 Å². The maximum absolute atomic E-state index is 12.7. The topological polar surface area (TPSA) is 70.7 Å². The standard InChI is InChI=1S/C18H33N3O3/c1-3-19-17(23)20-18(11-14-24-2)9-12-21(13-10-18)16(22)15-7-5-4-6-8-15/h15H,3-14H2,1-2H3,(H2,19,20,23). The molecule has 0 unspecified atom stereocenters. The number of carbonyl (C=O) groups is 2. The third-order valence-electron chi connectivity index (χ3n) is 5.49. The van der Waals surface area contributed by atoms with Gasteiger partial charge in [0.05, 0.1) is 0 Å². The van der Waals surface area contributed by atoms with Crippen molar-refractivity contribution in [2.75, 3.05) is 33.4 Å². The summed E-state index contributed by atoms with van der Waals surface area (Å²) in [6, 6.07) is -0.124. The highest BCUT2D eigenvalue weighted by atomic mass is 16.5. The van der Waals surface area contributed by atoms with Crippen LogP contribution in [0, 0.1) is 5.92 Å². The number of nitrogens with one attached hydrogen (secondary N) is 2. The van der Waals surface area contributed by atoms with Crippen molar-refractivity contribution in [1.29, 1.82) is 0 Å². The van der Waals surface area contributed by atoms with E-state index in [4.69, 9.17) is 4.74 Å².